The Morgan fingerprint density at radius 3 is 2.67 bits per heavy atom. The lowest BCUT2D eigenvalue weighted by Crippen LogP contribution is -2.28. The molecule has 1 aliphatic heterocycles. The first-order valence-corrected chi connectivity index (χ1v) is 8.37. The molecule has 0 saturated carbocycles. The van der Waals surface area contributed by atoms with Gasteiger partial charge in [0.1, 0.15) is 11.5 Å². The molecule has 0 radical (unpaired) electrons. The zero-order valence-corrected chi connectivity index (χ0v) is 14.4. The molecule has 2 aromatic carbocycles. The average molecular weight is 373 g/mol. The number of rotatable bonds is 5. The Balaban J connectivity index is 1.64. The summed E-state index contributed by atoms with van der Waals surface area (Å²) in [5.74, 6) is 1.43. The van der Waals surface area contributed by atoms with Gasteiger partial charge in [0.2, 0.25) is 5.95 Å². The maximum absolute atomic E-state index is 12.4. The normalized spacial score (nSPS) is 18.7. The fraction of sp³-hybridized carbons (Fsp3) is 0.278. The topological polar surface area (TPSA) is 74.1 Å². The van der Waals surface area contributed by atoms with Gasteiger partial charge in [-0.15, -0.1) is 0 Å². The van der Waals surface area contributed by atoms with Crippen molar-refractivity contribution in [2.45, 2.75) is 25.1 Å². The summed E-state index contributed by atoms with van der Waals surface area (Å²) >= 11 is 0. The summed E-state index contributed by atoms with van der Waals surface area (Å²) in [5.41, 5.74) is 1.95. The molecule has 2 heterocycles. The predicted octanol–water partition coefficient (Wildman–Crippen LogP) is 3.43. The zero-order valence-electron chi connectivity index (χ0n) is 14.4. The second-order valence-corrected chi connectivity index (χ2v) is 6.12. The summed E-state index contributed by atoms with van der Waals surface area (Å²) in [4.78, 5) is 0. The van der Waals surface area contributed by atoms with Crippen LogP contribution in [-0.4, -0.2) is 33.9 Å². The number of hydrogen-bond acceptors (Lipinski definition) is 6. The van der Waals surface area contributed by atoms with Crippen LogP contribution in [0.4, 0.5) is 14.7 Å². The van der Waals surface area contributed by atoms with Crippen molar-refractivity contribution in [2.75, 3.05) is 12.4 Å². The molecule has 4 rings (SSSR count). The number of ether oxygens (including phenoxy) is 2. The molecule has 3 aromatic rings. The smallest absolute Gasteiger partial charge is 0.387 e. The van der Waals surface area contributed by atoms with Crippen molar-refractivity contribution in [3.8, 4) is 11.5 Å². The molecule has 1 aromatic heterocycles. The van der Waals surface area contributed by atoms with Crippen LogP contribution in [0.15, 0.2) is 48.5 Å². The van der Waals surface area contributed by atoms with Gasteiger partial charge in [-0.25, -0.2) is 4.68 Å². The molecule has 27 heavy (non-hydrogen) atoms. The van der Waals surface area contributed by atoms with E-state index in [1.807, 2.05) is 24.3 Å². The van der Waals surface area contributed by atoms with E-state index in [-0.39, 0.29) is 17.8 Å². The van der Waals surface area contributed by atoms with E-state index in [9.17, 15) is 8.78 Å². The lowest BCUT2D eigenvalue weighted by Gasteiger charge is -2.31. The van der Waals surface area contributed by atoms with Crippen LogP contribution < -0.4 is 14.8 Å². The van der Waals surface area contributed by atoms with Crippen LogP contribution in [0.5, 0.6) is 11.5 Å². The highest BCUT2D eigenvalue weighted by molar-refractivity contribution is 5.40. The summed E-state index contributed by atoms with van der Waals surface area (Å²) < 4.78 is 36.1. The summed E-state index contributed by atoms with van der Waals surface area (Å²) in [6, 6.07) is 14.2. The number of hydrogen-bond donors (Lipinski definition) is 1. The van der Waals surface area contributed by atoms with Gasteiger partial charge in [-0.2, -0.15) is 8.78 Å². The molecule has 0 fully saturated rings. The second-order valence-electron chi connectivity index (χ2n) is 6.12. The first-order valence-electron chi connectivity index (χ1n) is 8.37. The van der Waals surface area contributed by atoms with Crippen molar-refractivity contribution in [2.24, 2.45) is 0 Å². The van der Waals surface area contributed by atoms with E-state index in [0.29, 0.717) is 12.4 Å². The predicted molar refractivity (Wildman–Crippen MR) is 93.0 cm³/mol. The van der Waals surface area contributed by atoms with Gasteiger partial charge < -0.3 is 14.8 Å². The molecule has 0 aliphatic carbocycles. The molecule has 0 unspecified atom stereocenters. The van der Waals surface area contributed by atoms with Gasteiger partial charge in [0.15, 0.2) is 0 Å². The van der Waals surface area contributed by atoms with Gasteiger partial charge in [0, 0.05) is 0 Å². The quantitative estimate of drug-likeness (QED) is 0.739. The third kappa shape index (κ3) is 3.53. The minimum Gasteiger partial charge on any atom is -0.497 e. The molecule has 0 amide bonds. The number of alkyl halides is 2. The van der Waals surface area contributed by atoms with Crippen molar-refractivity contribution in [1.29, 1.82) is 0 Å². The Hall–Kier alpha value is -3.23. The van der Waals surface area contributed by atoms with Crippen LogP contribution in [0, 0.1) is 0 Å². The molecule has 2 atom stereocenters. The van der Waals surface area contributed by atoms with Crippen LogP contribution in [0.25, 0.3) is 0 Å². The van der Waals surface area contributed by atoms with E-state index >= 15 is 0 Å². The lowest BCUT2D eigenvalue weighted by atomic mass is 9.93. The number of fused-ring (bicyclic) bond motifs is 1. The number of anilines is 1. The van der Waals surface area contributed by atoms with Crippen LogP contribution in [-0.2, 0) is 0 Å². The number of nitrogens with zero attached hydrogens (tertiary/aromatic N) is 4. The first-order chi connectivity index (χ1) is 13.1. The average Bonchev–Trinajstić information content (AvgIpc) is 3.16. The summed E-state index contributed by atoms with van der Waals surface area (Å²) in [6.07, 6.45) is 0.681. The number of methoxy groups -OCH3 is 1. The third-order valence-electron chi connectivity index (χ3n) is 4.54. The third-order valence-corrected chi connectivity index (χ3v) is 4.54. The summed E-state index contributed by atoms with van der Waals surface area (Å²) in [7, 11) is 1.62. The van der Waals surface area contributed by atoms with Crippen molar-refractivity contribution in [1.82, 2.24) is 20.2 Å². The number of aromatic nitrogens is 4. The fourth-order valence-electron chi connectivity index (χ4n) is 3.26. The Labute approximate surface area is 153 Å². The van der Waals surface area contributed by atoms with E-state index in [1.54, 1.807) is 23.9 Å². The van der Waals surface area contributed by atoms with Crippen molar-refractivity contribution in [3.63, 3.8) is 0 Å². The second kappa shape index (κ2) is 7.18. The number of tetrazole rings is 1. The highest BCUT2D eigenvalue weighted by Gasteiger charge is 2.30. The Kier molecular flexibility index (Phi) is 4.57. The summed E-state index contributed by atoms with van der Waals surface area (Å²) in [6.45, 7) is -2.85. The van der Waals surface area contributed by atoms with E-state index in [1.165, 1.54) is 12.1 Å². The Bertz CT molecular complexity index is 916. The van der Waals surface area contributed by atoms with Crippen LogP contribution in [0.3, 0.4) is 0 Å². The van der Waals surface area contributed by atoms with Gasteiger partial charge in [-0.1, -0.05) is 29.4 Å². The lowest BCUT2D eigenvalue weighted by molar-refractivity contribution is -0.0498. The molecule has 0 saturated heterocycles. The standard InChI is InChI=1S/C18H17F2N5O2/c1-26-14-4-2-3-12(9-14)15-10-16(25-18(21-15)22-23-24-25)11-5-7-13(8-6-11)27-17(19)20/h2-9,15-17H,10H2,1H3,(H,21,22,24)/t15-,16+/m1/s1. The van der Waals surface area contributed by atoms with Crippen molar-refractivity contribution in [3.05, 3.63) is 59.7 Å². The molecule has 140 valence electrons. The Morgan fingerprint density at radius 1 is 1.11 bits per heavy atom. The molecule has 1 N–H and O–H groups in total. The molecule has 9 heteroatoms. The van der Waals surface area contributed by atoms with Crippen molar-refractivity contribution >= 4 is 5.95 Å². The van der Waals surface area contributed by atoms with E-state index < -0.39 is 6.61 Å². The highest BCUT2D eigenvalue weighted by atomic mass is 19.3. The van der Waals surface area contributed by atoms with Gasteiger partial charge >= 0.3 is 6.61 Å². The monoisotopic (exact) mass is 373 g/mol. The zero-order chi connectivity index (χ0) is 18.8. The molecular formula is C18H17F2N5O2. The fourth-order valence-corrected chi connectivity index (χ4v) is 3.26. The molecule has 0 bridgehead atoms. The highest BCUT2D eigenvalue weighted by Crippen LogP contribution is 2.38. The van der Waals surface area contributed by atoms with Crippen LogP contribution >= 0.6 is 0 Å². The number of nitrogens with one attached hydrogen (secondary N) is 1. The van der Waals surface area contributed by atoms with Crippen molar-refractivity contribution < 1.29 is 18.3 Å². The van der Waals surface area contributed by atoms with Gasteiger partial charge in [-0.3, -0.25) is 0 Å². The minimum absolute atomic E-state index is 0.0272. The number of halogens is 2. The van der Waals surface area contributed by atoms with Gasteiger partial charge in [0.05, 0.1) is 19.2 Å². The minimum atomic E-state index is -2.85. The maximum atomic E-state index is 12.4. The SMILES string of the molecule is COc1cccc([C@H]2C[C@@H](c3ccc(OC(F)F)cc3)n3nnnc3N2)c1. The van der Waals surface area contributed by atoms with E-state index in [2.05, 4.69) is 25.6 Å². The summed E-state index contributed by atoms with van der Waals surface area (Å²) in [5, 5.41) is 15.2. The molecule has 0 spiro atoms. The largest absolute Gasteiger partial charge is 0.497 e. The van der Waals surface area contributed by atoms with E-state index in [0.717, 1.165) is 16.9 Å². The van der Waals surface area contributed by atoms with Gasteiger partial charge in [-0.05, 0) is 52.2 Å². The Morgan fingerprint density at radius 2 is 1.93 bits per heavy atom. The molecular weight excluding hydrogens is 356 g/mol. The van der Waals surface area contributed by atoms with Crippen LogP contribution in [0.1, 0.15) is 29.6 Å². The molecule has 1 aliphatic rings. The van der Waals surface area contributed by atoms with Crippen LogP contribution in [0.2, 0.25) is 0 Å². The number of benzene rings is 2. The first kappa shape index (κ1) is 17.2. The van der Waals surface area contributed by atoms with E-state index in [4.69, 9.17) is 4.74 Å². The maximum Gasteiger partial charge on any atom is 0.387 e. The molecule has 7 nitrogen and oxygen atoms in total. The van der Waals surface area contributed by atoms with Gasteiger partial charge in [0.25, 0.3) is 0 Å².